The van der Waals surface area contributed by atoms with E-state index in [9.17, 15) is 9.59 Å². The zero-order valence-electron chi connectivity index (χ0n) is 21.3. The predicted octanol–water partition coefficient (Wildman–Crippen LogP) is 6.01. The first-order chi connectivity index (χ1) is 15.9. The molecule has 0 aliphatic carbocycles. The molecule has 184 valence electrons. The first-order valence-corrected chi connectivity index (χ1v) is 11.5. The van der Waals surface area contributed by atoms with Gasteiger partial charge in [0.15, 0.2) is 0 Å². The molecule has 34 heavy (non-hydrogen) atoms. The number of hydrogen-bond donors (Lipinski definition) is 0. The van der Waals surface area contributed by atoms with E-state index in [2.05, 4.69) is 18.8 Å². The Hall–Kier alpha value is -3.22. The van der Waals surface area contributed by atoms with Crippen LogP contribution in [0.25, 0.3) is 11.1 Å². The summed E-state index contributed by atoms with van der Waals surface area (Å²) in [5.41, 5.74) is 1.39. The van der Waals surface area contributed by atoms with Crippen molar-refractivity contribution >= 4 is 18.3 Å². The fourth-order valence-corrected chi connectivity index (χ4v) is 3.15. The van der Waals surface area contributed by atoms with Gasteiger partial charge in [0.05, 0.1) is 6.34 Å². The van der Waals surface area contributed by atoms with Crippen LogP contribution in [0.5, 0.6) is 0 Å². The summed E-state index contributed by atoms with van der Waals surface area (Å²) in [5, 5.41) is 0. The number of nitrogens with zero attached hydrogens (tertiary/aromatic N) is 3. The first-order valence-electron chi connectivity index (χ1n) is 11.5. The van der Waals surface area contributed by atoms with Crippen LogP contribution in [0.1, 0.15) is 57.0 Å². The highest BCUT2D eigenvalue weighted by Crippen LogP contribution is 2.26. The van der Waals surface area contributed by atoms with Crippen molar-refractivity contribution in [2.45, 2.75) is 53.2 Å². The molecule has 2 aromatic carbocycles. The van der Waals surface area contributed by atoms with Crippen LogP contribution in [0.2, 0.25) is 0 Å². The molecule has 0 unspecified atom stereocenters. The fourth-order valence-electron chi connectivity index (χ4n) is 3.15. The highest BCUT2D eigenvalue weighted by molar-refractivity contribution is 5.99. The molecule has 2 amide bonds. The summed E-state index contributed by atoms with van der Waals surface area (Å²) in [6, 6.07) is 11.6. The summed E-state index contributed by atoms with van der Waals surface area (Å²) in [6.07, 6.45) is 1.83. The Bertz CT molecular complexity index is 1030. The Morgan fingerprint density at radius 3 is 2.41 bits per heavy atom. The van der Waals surface area contributed by atoms with Gasteiger partial charge in [-0.3, -0.25) is 4.79 Å². The maximum atomic E-state index is 15.1. The van der Waals surface area contributed by atoms with E-state index in [1.54, 1.807) is 60.3 Å². The van der Waals surface area contributed by atoms with Gasteiger partial charge in [0.1, 0.15) is 11.4 Å². The third-order valence-corrected chi connectivity index (χ3v) is 4.86. The van der Waals surface area contributed by atoms with E-state index in [-0.39, 0.29) is 6.54 Å². The highest BCUT2D eigenvalue weighted by atomic mass is 19.1. The molecule has 0 bridgehead atoms. The third kappa shape index (κ3) is 8.61. The van der Waals surface area contributed by atoms with Gasteiger partial charge in [-0.15, -0.1) is 0 Å². The number of halogens is 1. The minimum absolute atomic E-state index is 0.247. The van der Waals surface area contributed by atoms with E-state index in [0.29, 0.717) is 34.7 Å². The van der Waals surface area contributed by atoms with Crippen molar-refractivity contribution in [3.8, 4) is 11.1 Å². The van der Waals surface area contributed by atoms with E-state index in [0.717, 1.165) is 6.42 Å². The third-order valence-electron chi connectivity index (χ3n) is 4.86. The lowest BCUT2D eigenvalue weighted by atomic mass is 10.0. The second kappa shape index (κ2) is 11.8. The van der Waals surface area contributed by atoms with E-state index in [1.165, 1.54) is 12.4 Å². The maximum Gasteiger partial charge on any atom is 0.410 e. The van der Waals surface area contributed by atoms with Crippen LogP contribution in [0.3, 0.4) is 0 Å². The molecular formula is C27H36FN3O3. The van der Waals surface area contributed by atoms with Crippen LogP contribution in [-0.2, 0) is 11.3 Å². The van der Waals surface area contributed by atoms with Crippen molar-refractivity contribution in [3.63, 3.8) is 0 Å². The predicted molar refractivity (Wildman–Crippen MR) is 134 cm³/mol. The van der Waals surface area contributed by atoms with Crippen molar-refractivity contribution in [3.05, 3.63) is 59.4 Å². The van der Waals surface area contributed by atoms with Crippen molar-refractivity contribution in [1.82, 2.24) is 9.80 Å². The molecule has 2 aromatic rings. The number of hydrogen-bond acceptors (Lipinski definition) is 3. The van der Waals surface area contributed by atoms with Gasteiger partial charge < -0.3 is 14.5 Å². The summed E-state index contributed by atoms with van der Waals surface area (Å²) in [4.78, 5) is 32.2. The van der Waals surface area contributed by atoms with Gasteiger partial charge in [-0.2, -0.15) is 4.99 Å². The highest BCUT2D eigenvalue weighted by Gasteiger charge is 2.23. The summed E-state index contributed by atoms with van der Waals surface area (Å²) in [5.74, 6) is -0.404. The largest absolute Gasteiger partial charge is 0.444 e. The van der Waals surface area contributed by atoms with Gasteiger partial charge in [0, 0.05) is 38.3 Å². The average Bonchev–Trinajstić information content (AvgIpc) is 2.73. The number of aliphatic imine (C=N–C) groups is 1. The molecule has 0 aromatic heterocycles. The molecule has 0 radical (unpaired) electrons. The summed E-state index contributed by atoms with van der Waals surface area (Å²) < 4.78 is 20.6. The van der Waals surface area contributed by atoms with E-state index in [1.807, 2.05) is 20.8 Å². The summed E-state index contributed by atoms with van der Waals surface area (Å²) in [7, 11) is 3.55. The van der Waals surface area contributed by atoms with Crippen LogP contribution < -0.4 is 0 Å². The molecule has 0 atom stereocenters. The molecule has 2 rings (SSSR count). The minimum Gasteiger partial charge on any atom is -0.444 e. The van der Waals surface area contributed by atoms with Crippen LogP contribution >= 0.6 is 0 Å². The molecule has 0 aliphatic heterocycles. The van der Waals surface area contributed by atoms with Gasteiger partial charge >= 0.3 is 6.09 Å². The first kappa shape index (κ1) is 27.0. The van der Waals surface area contributed by atoms with Crippen molar-refractivity contribution in [2.24, 2.45) is 10.9 Å². The molecule has 7 heteroatoms. The topological polar surface area (TPSA) is 62.2 Å². The fraction of sp³-hybridized carbons (Fsp3) is 0.444. The Morgan fingerprint density at radius 1 is 1.12 bits per heavy atom. The van der Waals surface area contributed by atoms with Crippen LogP contribution in [0, 0.1) is 11.7 Å². The lowest BCUT2D eigenvalue weighted by Crippen LogP contribution is -2.37. The van der Waals surface area contributed by atoms with Crippen LogP contribution in [0.15, 0.2) is 47.5 Å². The molecule has 6 nitrogen and oxygen atoms in total. The van der Waals surface area contributed by atoms with E-state index >= 15 is 4.39 Å². The lowest BCUT2D eigenvalue weighted by molar-refractivity contribution is 0.0225. The van der Waals surface area contributed by atoms with Gasteiger partial charge in [-0.05, 0) is 62.4 Å². The molecule has 0 saturated heterocycles. The Balaban J connectivity index is 2.25. The Kier molecular flexibility index (Phi) is 9.36. The van der Waals surface area contributed by atoms with E-state index in [4.69, 9.17) is 4.74 Å². The Morgan fingerprint density at radius 2 is 1.82 bits per heavy atom. The quantitative estimate of drug-likeness (QED) is 0.351. The molecule has 0 heterocycles. The summed E-state index contributed by atoms with van der Waals surface area (Å²) in [6.45, 7) is 10.4. The SMILES string of the molecule is CC(C)CCN(Cc1ccc(-c2cccc(C(=O)/N=C/N(C)C)c2)c(F)c1)C(=O)OC(C)(C)C. The molecule has 0 spiro atoms. The van der Waals surface area contributed by atoms with Crippen molar-refractivity contribution in [2.75, 3.05) is 20.6 Å². The molecule has 0 saturated carbocycles. The maximum absolute atomic E-state index is 15.1. The number of rotatable bonds is 8. The average molecular weight is 470 g/mol. The Labute approximate surface area is 202 Å². The normalized spacial score (nSPS) is 11.7. The molecule has 0 N–H and O–H groups in total. The van der Waals surface area contributed by atoms with Gasteiger partial charge in [-0.25, -0.2) is 9.18 Å². The number of amides is 2. The zero-order valence-corrected chi connectivity index (χ0v) is 21.3. The van der Waals surface area contributed by atoms with E-state index < -0.39 is 23.4 Å². The van der Waals surface area contributed by atoms with Crippen LogP contribution in [-0.4, -0.2) is 54.4 Å². The van der Waals surface area contributed by atoms with Crippen LogP contribution in [0.4, 0.5) is 9.18 Å². The van der Waals surface area contributed by atoms with Gasteiger partial charge in [0.2, 0.25) is 0 Å². The number of carbonyl (C=O) groups is 2. The molecule has 0 fully saturated rings. The van der Waals surface area contributed by atoms with Gasteiger partial charge in [-0.1, -0.05) is 38.1 Å². The number of benzene rings is 2. The summed E-state index contributed by atoms with van der Waals surface area (Å²) >= 11 is 0. The van der Waals surface area contributed by atoms with Gasteiger partial charge in [0.25, 0.3) is 5.91 Å². The van der Waals surface area contributed by atoms with Crippen molar-refractivity contribution in [1.29, 1.82) is 0 Å². The molecule has 0 aliphatic rings. The monoisotopic (exact) mass is 469 g/mol. The number of carbonyl (C=O) groups excluding carboxylic acids is 2. The lowest BCUT2D eigenvalue weighted by Gasteiger charge is -2.28. The second-order valence-corrected chi connectivity index (χ2v) is 9.99. The smallest absolute Gasteiger partial charge is 0.410 e. The standard InChI is InChI=1S/C27H36FN3O3/c1-19(2)13-14-31(26(33)34-27(3,4)5)17-20-11-12-23(24(28)15-20)21-9-8-10-22(16-21)25(32)29-18-30(6)7/h8-12,15-16,18-19H,13-14,17H2,1-7H3/b29-18+. The van der Waals surface area contributed by atoms with Crippen molar-refractivity contribution < 1.29 is 18.7 Å². The zero-order chi connectivity index (χ0) is 25.5. The molecular weight excluding hydrogens is 433 g/mol. The minimum atomic E-state index is -0.610. The number of ether oxygens (including phenoxy) is 1. The second-order valence-electron chi connectivity index (χ2n) is 9.99.